The predicted molar refractivity (Wildman–Crippen MR) is 210 cm³/mol. The number of hydrogen-bond donors (Lipinski definition) is 5. The van der Waals surface area contributed by atoms with E-state index in [4.69, 9.17) is 5.26 Å². The number of piperidine rings is 1. The van der Waals surface area contributed by atoms with E-state index in [0.29, 0.717) is 51.1 Å². The minimum atomic E-state index is -1.67. The highest BCUT2D eigenvalue weighted by molar-refractivity contribution is 6.09. The van der Waals surface area contributed by atoms with E-state index in [-0.39, 0.29) is 53.9 Å². The number of carbonyl (C=O) groups is 7. The molecule has 19 heteroatoms. The van der Waals surface area contributed by atoms with Crippen molar-refractivity contribution in [3.63, 3.8) is 0 Å². The molecular weight excluding hydrogens is 802 g/mol. The van der Waals surface area contributed by atoms with Crippen molar-refractivity contribution in [1.82, 2.24) is 30.7 Å². The fraction of sp³-hybridized carbons (Fsp3) is 0.524. The van der Waals surface area contributed by atoms with Crippen molar-refractivity contribution in [2.24, 2.45) is 5.92 Å². The number of halogens is 3. The summed E-state index contributed by atoms with van der Waals surface area (Å²) in [6, 6.07) is -0.0642. The van der Waals surface area contributed by atoms with Crippen LogP contribution in [-0.4, -0.2) is 123 Å². The number of ketones is 1. The fourth-order valence-electron chi connectivity index (χ4n) is 8.75. The van der Waals surface area contributed by atoms with Gasteiger partial charge >= 0.3 is 6.03 Å². The minimum Gasteiger partial charge on any atom is -0.391 e. The number of hydrogen-bond acceptors (Lipinski definition) is 9. The Morgan fingerprint density at radius 1 is 0.902 bits per heavy atom. The van der Waals surface area contributed by atoms with Crippen LogP contribution in [0.1, 0.15) is 76.8 Å². The van der Waals surface area contributed by atoms with Gasteiger partial charge in [-0.05, 0) is 94.2 Å². The van der Waals surface area contributed by atoms with Gasteiger partial charge in [-0.1, -0.05) is 6.92 Å². The van der Waals surface area contributed by atoms with E-state index in [1.54, 1.807) is 17.9 Å². The van der Waals surface area contributed by atoms with Gasteiger partial charge in [0, 0.05) is 44.2 Å². The zero-order valence-corrected chi connectivity index (χ0v) is 34.0. The molecule has 3 heterocycles. The lowest BCUT2D eigenvalue weighted by molar-refractivity contribution is -0.152. The van der Waals surface area contributed by atoms with Crippen LogP contribution in [0, 0.1) is 34.7 Å². The second kappa shape index (κ2) is 18.3. The highest BCUT2D eigenvalue weighted by atomic mass is 19.1. The zero-order valence-electron chi connectivity index (χ0n) is 34.0. The maximum atomic E-state index is 14.3. The molecule has 0 aromatic heterocycles. The van der Waals surface area contributed by atoms with E-state index in [0.717, 1.165) is 30.3 Å². The van der Waals surface area contributed by atoms with Crippen molar-refractivity contribution < 1.29 is 51.8 Å². The summed E-state index contributed by atoms with van der Waals surface area (Å²) in [5.41, 5.74) is -1.25. The lowest BCUT2D eigenvalue weighted by atomic mass is 9.99. The van der Waals surface area contributed by atoms with Crippen molar-refractivity contribution in [3.8, 4) is 6.07 Å². The lowest BCUT2D eigenvalue weighted by Crippen LogP contribution is -2.62. The average molecular weight is 851 g/mol. The number of likely N-dealkylation sites (tertiary alicyclic amines) is 3. The van der Waals surface area contributed by atoms with Crippen LogP contribution in [0.4, 0.5) is 23.7 Å². The Hall–Kier alpha value is -6.03. The molecule has 2 aromatic carbocycles. The third-order valence-corrected chi connectivity index (χ3v) is 11.8. The van der Waals surface area contributed by atoms with Crippen LogP contribution in [0.2, 0.25) is 0 Å². The van der Waals surface area contributed by atoms with Crippen LogP contribution < -0.4 is 21.3 Å². The lowest BCUT2D eigenvalue weighted by Gasteiger charge is -2.39. The molecule has 8 atom stereocenters. The number of Topliss-reactive ketones (excluding diaryl/α,β-unsaturated/α-hetero) is 1. The van der Waals surface area contributed by atoms with Gasteiger partial charge in [0.25, 0.3) is 0 Å². The molecule has 0 bridgehead atoms. The molecule has 326 valence electrons. The summed E-state index contributed by atoms with van der Waals surface area (Å²) in [6.07, 6.45) is 0.904. The van der Waals surface area contributed by atoms with E-state index in [2.05, 4.69) is 21.3 Å². The summed E-state index contributed by atoms with van der Waals surface area (Å²) in [6.45, 7) is 5.39. The molecule has 3 aliphatic heterocycles. The largest absolute Gasteiger partial charge is 0.391 e. The van der Waals surface area contributed by atoms with E-state index >= 15 is 0 Å². The topological polar surface area (TPSA) is 221 Å². The Balaban J connectivity index is 1.14. The smallest absolute Gasteiger partial charge is 0.319 e. The predicted octanol–water partition coefficient (Wildman–Crippen LogP) is 2.03. The maximum Gasteiger partial charge on any atom is 0.319 e. The van der Waals surface area contributed by atoms with Crippen LogP contribution in [-0.2, 0) is 35.2 Å². The van der Waals surface area contributed by atoms with Gasteiger partial charge in [0.1, 0.15) is 59.3 Å². The highest BCUT2D eigenvalue weighted by Crippen LogP contribution is 2.48. The van der Waals surface area contributed by atoms with Crippen LogP contribution >= 0.6 is 0 Å². The Bertz CT molecular complexity index is 2130. The summed E-state index contributed by atoms with van der Waals surface area (Å²) in [7, 11) is 0. The van der Waals surface area contributed by atoms with E-state index < -0.39 is 95.4 Å². The van der Waals surface area contributed by atoms with Gasteiger partial charge in [0.05, 0.1) is 11.7 Å². The number of aliphatic hydroxyl groups is 1. The van der Waals surface area contributed by atoms with Gasteiger partial charge in [-0.25, -0.2) is 18.0 Å². The molecule has 4 aliphatic rings. The Labute approximate surface area is 350 Å². The molecule has 7 amide bonds. The number of aliphatic hydroxyl groups excluding tert-OH is 1. The minimum absolute atomic E-state index is 0.000394. The molecule has 3 saturated heterocycles. The molecule has 1 aliphatic carbocycles. The monoisotopic (exact) mass is 850 g/mol. The van der Waals surface area contributed by atoms with Crippen molar-refractivity contribution in [3.05, 3.63) is 65.0 Å². The van der Waals surface area contributed by atoms with E-state index in [1.807, 2.05) is 6.92 Å². The molecule has 1 saturated carbocycles. The Morgan fingerprint density at radius 2 is 1.57 bits per heavy atom. The molecule has 5 N–H and O–H groups in total. The molecule has 6 rings (SSSR count). The number of benzene rings is 2. The first-order valence-electron chi connectivity index (χ1n) is 20.4. The van der Waals surface area contributed by atoms with Crippen LogP contribution in [0.3, 0.4) is 0 Å². The summed E-state index contributed by atoms with van der Waals surface area (Å²) in [4.78, 5) is 99.1. The average Bonchev–Trinajstić information content (AvgIpc) is 3.49. The van der Waals surface area contributed by atoms with Crippen molar-refractivity contribution >= 4 is 47.0 Å². The normalized spacial score (nSPS) is 24.0. The zero-order chi connectivity index (χ0) is 44.3. The van der Waals surface area contributed by atoms with Crippen molar-refractivity contribution in [2.45, 2.75) is 114 Å². The van der Waals surface area contributed by atoms with Gasteiger partial charge in [0.15, 0.2) is 5.78 Å². The second-order valence-corrected chi connectivity index (χ2v) is 16.5. The number of anilines is 1. The molecule has 0 radical (unpaired) electrons. The van der Waals surface area contributed by atoms with Crippen LogP contribution in [0.15, 0.2) is 36.4 Å². The van der Waals surface area contributed by atoms with E-state index in [1.165, 1.54) is 16.7 Å². The number of nitriles is 1. The highest BCUT2D eigenvalue weighted by Gasteiger charge is 2.63. The fourth-order valence-corrected chi connectivity index (χ4v) is 8.75. The number of rotatable bonds is 12. The number of amides is 7. The van der Waals surface area contributed by atoms with Gasteiger partial charge in [-0.2, -0.15) is 5.26 Å². The molecule has 0 unspecified atom stereocenters. The molecule has 4 fully saturated rings. The Kier molecular flexibility index (Phi) is 13.4. The number of carbonyl (C=O) groups excluding carboxylic acids is 7. The quantitative estimate of drug-likeness (QED) is 0.211. The second-order valence-electron chi connectivity index (χ2n) is 16.5. The molecular formula is C42H49F3N8O8. The third kappa shape index (κ3) is 9.80. The molecule has 1 spiro atoms. The Morgan fingerprint density at radius 3 is 2.23 bits per heavy atom. The molecule has 2 aromatic rings. The summed E-state index contributed by atoms with van der Waals surface area (Å²) in [5.74, 6) is -5.97. The SMILES string of the molecule is C[C@H]1CN(C(=O)[C@H](C)NC(=O)[C@@H]2CCCCN2C(=O)[C@@H]2CCCN2C(=O)[C@@H](NC(=O)[C@H](Cc2cc(F)cc(F)c2)NC(=O)Nc2ccc(F)c(C#N)c2)[C@H](C)O)[C@]2(CC2=O)C1. The van der Waals surface area contributed by atoms with Crippen LogP contribution in [0.25, 0.3) is 0 Å². The van der Waals surface area contributed by atoms with Gasteiger partial charge in [-0.15, -0.1) is 0 Å². The third-order valence-electron chi connectivity index (χ3n) is 11.8. The van der Waals surface area contributed by atoms with Gasteiger partial charge in [0.2, 0.25) is 29.5 Å². The number of urea groups is 1. The first kappa shape index (κ1) is 44.5. The summed E-state index contributed by atoms with van der Waals surface area (Å²) < 4.78 is 42.2. The maximum absolute atomic E-state index is 14.3. The van der Waals surface area contributed by atoms with Crippen molar-refractivity contribution in [2.75, 3.05) is 25.0 Å². The first-order chi connectivity index (χ1) is 28.9. The standard InChI is InChI=1S/C42H49F3N8O8/c1-22-18-42(19-34(42)55)53(21-22)38(58)23(2)47-37(57)32-7-4-5-11-51(32)39(59)33-8-6-12-52(33)40(60)35(24(3)54)50-36(56)31(15-25-13-27(43)17-28(44)14-25)49-41(61)48-29-9-10-30(45)26(16-29)20-46/h9-10,13-14,16-17,22-24,31-33,35,54H,4-8,11-12,15,18-19,21H2,1-3H3,(H,47,57)(H,50,56)(H2,48,49,61)/t22-,23+,24+,31+,32+,33+,35+,42+/m1/s1. The van der Waals surface area contributed by atoms with Gasteiger partial charge in [-0.3, -0.25) is 28.8 Å². The van der Waals surface area contributed by atoms with Gasteiger partial charge < -0.3 is 41.1 Å². The summed E-state index contributed by atoms with van der Waals surface area (Å²) >= 11 is 0. The van der Waals surface area contributed by atoms with E-state index in [9.17, 15) is 51.8 Å². The number of nitrogens with zero attached hydrogens (tertiary/aromatic N) is 4. The summed E-state index contributed by atoms with van der Waals surface area (Å²) in [5, 5.41) is 29.9. The molecule has 16 nitrogen and oxygen atoms in total. The van der Waals surface area contributed by atoms with Crippen LogP contribution in [0.5, 0.6) is 0 Å². The molecule has 61 heavy (non-hydrogen) atoms. The first-order valence-corrected chi connectivity index (χ1v) is 20.4. The number of nitrogens with one attached hydrogen (secondary N) is 4. The van der Waals surface area contributed by atoms with Crippen molar-refractivity contribution in [1.29, 1.82) is 5.26 Å².